The first-order valence-corrected chi connectivity index (χ1v) is 12.9. The number of benzene rings is 3. The number of aliphatic imine (C=N–C) groups is 1. The van der Waals surface area contributed by atoms with E-state index in [1.165, 1.54) is 17.3 Å². The van der Waals surface area contributed by atoms with Gasteiger partial charge in [-0.15, -0.1) is 0 Å². The van der Waals surface area contributed by atoms with E-state index in [1.807, 2.05) is 61.7 Å². The third-order valence-electron chi connectivity index (χ3n) is 6.26. The van der Waals surface area contributed by atoms with Gasteiger partial charge in [-0.1, -0.05) is 48.5 Å². The van der Waals surface area contributed by atoms with Crippen molar-refractivity contribution in [2.24, 2.45) is 4.99 Å². The molecule has 6 nitrogen and oxygen atoms in total. The number of carbonyl (C=O) groups excluding carboxylic acids is 2. The molecule has 0 aliphatic carbocycles. The molecular weight excluding hydrogens is 468 g/mol. The quantitative estimate of drug-likeness (QED) is 0.322. The van der Waals surface area contributed by atoms with Gasteiger partial charge in [-0.2, -0.15) is 0 Å². The second kappa shape index (κ2) is 10.4. The van der Waals surface area contributed by atoms with Crippen molar-refractivity contribution in [3.63, 3.8) is 0 Å². The van der Waals surface area contributed by atoms with Gasteiger partial charge >= 0.3 is 0 Å². The number of hydrogen-bond acceptors (Lipinski definition) is 6. The molecule has 2 aliphatic rings. The maximum Gasteiger partial charge on any atom is 0.268 e. The molecule has 1 amide bonds. The van der Waals surface area contributed by atoms with E-state index < -0.39 is 0 Å². The lowest BCUT2D eigenvalue weighted by molar-refractivity contribution is -0.122. The fourth-order valence-corrected chi connectivity index (χ4v) is 5.39. The van der Waals surface area contributed by atoms with Crippen molar-refractivity contribution < 1.29 is 9.59 Å². The number of nitrogens with zero attached hydrogens (tertiary/aromatic N) is 3. The SMILES string of the molecule is CCNc1ccc(C(C)=O)cc1N=C1S/C(=C/N2CCc3ccccc32)C(=O)N1Cc1ccccc1. The number of ketones is 1. The van der Waals surface area contributed by atoms with E-state index in [4.69, 9.17) is 4.99 Å². The fourth-order valence-electron chi connectivity index (χ4n) is 4.41. The normalized spacial score (nSPS) is 17.2. The van der Waals surface area contributed by atoms with Gasteiger partial charge in [0.1, 0.15) is 0 Å². The standard InChI is InChI=1S/C29H28N4O2S/c1-3-30-24-14-13-23(20(2)34)17-25(24)31-29-33(18-21-9-5-4-6-10-21)28(35)27(36-29)19-32-16-15-22-11-7-8-12-26(22)32/h4-14,17,19,30H,3,15-16,18H2,1-2H3/b27-19+,31-29?. The van der Waals surface area contributed by atoms with Crippen molar-refractivity contribution in [2.45, 2.75) is 26.8 Å². The number of Topliss-reactive ketones (excluding diaryl/α,β-unsaturated/α-hetero) is 1. The van der Waals surface area contributed by atoms with Crippen LogP contribution >= 0.6 is 11.8 Å². The van der Waals surface area contributed by atoms with Crippen molar-refractivity contribution in [1.29, 1.82) is 0 Å². The summed E-state index contributed by atoms with van der Waals surface area (Å²) >= 11 is 1.38. The zero-order valence-corrected chi connectivity index (χ0v) is 21.2. The monoisotopic (exact) mass is 496 g/mol. The van der Waals surface area contributed by atoms with Crippen molar-refractivity contribution in [3.05, 3.63) is 101 Å². The lowest BCUT2D eigenvalue weighted by atomic mass is 10.1. The molecule has 7 heteroatoms. The number of hydrogen-bond donors (Lipinski definition) is 1. The van der Waals surface area contributed by atoms with Gasteiger partial charge in [-0.25, -0.2) is 4.99 Å². The number of amides is 1. The van der Waals surface area contributed by atoms with Crippen LogP contribution in [0.2, 0.25) is 0 Å². The van der Waals surface area contributed by atoms with E-state index >= 15 is 0 Å². The molecule has 1 N–H and O–H groups in total. The molecule has 2 aliphatic heterocycles. The predicted molar refractivity (Wildman–Crippen MR) is 148 cm³/mol. The molecule has 0 atom stereocenters. The second-order valence-electron chi connectivity index (χ2n) is 8.76. The maximum absolute atomic E-state index is 13.7. The van der Waals surface area contributed by atoms with Crippen LogP contribution in [-0.4, -0.2) is 34.8 Å². The Morgan fingerprint density at radius 1 is 1.08 bits per heavy atom. The first-order chi connectivity index (χ1) is 17.5. The molecule has 0 spiro atoms. The average Bonchev–Trinajstić information content (AvgIpc) is 3.42. The summed E-state index contributed by atoms with van der Waals surface area (Å²) in [7, 11) is 0. The van der Waals surface area contributed by atoms with Crippen molar-refractivity contribution in [1.82, 2.24) is 4.90 Å². The molecule has 182 valence electrons. The van der Waals surface area contributed by atoms with Gasteiger partial charge in [-0.3, -0.25) is 14.5 Å². The van der Waals surface area contributed by atoms with Gasteiger partial charge in [-0.05, 0) is 67.4 Å². The predicted octanol–water partition coefficient (Wildman–Crippen LogP) is 5.99. The fraction of sp³-hybridized carbons (Fsp3) is 0.207. The summed E-state index contributed by atoms with van der Waals surface area (Å²) in [6.07, 6.45) is 2.91. The smallest absolute Gasteiger partial charge is 0.268 e. The number of rotatable bonds is 7. The molecule has 0 saturated carbocycles. The van der Waals surface area contributed by atoms with Crippen LogP contribution in [0.15, 0.2) is 88.9 Å². The Labute approximate surface area is 215 Å². The molecule has 0 aromatic heterocycles. The Hall–Kier alpha value is -3.84. The number of carbonyl (C=O) groups is 2. The van der Waals surface area contributed by atoms with E-state index in [2.05, 4.69) is 22.3 Å². The lowest BCUT2D eigenvalue weighted by Gasteiger charge is -2.17. The van der Waals surface area contributed by atoms with Crippen LogP contribution in [0.4, 0.5) is 17.1 Å². The van der Waals surface area contributed by atoms with Crippen molar-refractivity contribution in [3.8, 4) is 0 Å². The van der Waals surface area contributed by atoms with Crippen LogP contribution in [0.3, 0.4) is 0 Å². The molecule has 3 aromatic rings. The number of amidine groups is 1. The minimum Gasteiger partial charge on any atom is -0.384 e. The van der Waals surface area contributed by atoms with Gasteiger partial charge in [0, 0.05) is 30.5 Å². The molecule has 0 bridgehead atoms. The number of para-hydroxylation sites is 1. The second-order valence-corrected chi connectivity index (χ2v) is 9.77. The highest BCUT2D eigenvalue weighted by molar-refractivity contribution is 8.18. The largest absolute Gasteiger partial charge is 0.384 e. The zero-order chi connectivity index (χ0) is 25.1. The lowest BCUT2D eigenvalue weighted by Crippen LogP contribution is -2.29. The Bertz CT molecular complexity index is 1370. The summed E-state index contributed by atoms with van der Waals surface area (Å²) < 4.78 is 0. The third-order valence-corrected chi connectivity index (χ3v) is 7.25. The van der Waals surface area contributed by atoms with Crippen LogP contribution < -0.4 is 10.2 Å². The van der Waals surface area contributed by atoms with Gasteiger partial charge in [0.05, 0.1) is 22.8 Å². The van der Waals surface area contributed by atoms with E-state index in [1.54, 1.807) is 24.0 Å². The van der Waals surface area contributed by atoms with Crippen LogP contribution in [0.1, 0.15) is 35.3 Å². The van der Waals surface area contributed by atoms with E-state index in [-0.39, 0.29) is 11.7 Å². The van der Waals surface area contributed by atoms with E-state index in [0.717, 1.165) is 36.4 Å². The van der Waals surface area contributed by atoms with Crippen LogP contribution in [0.5, 0.6) is 0 Å². The van der Waals surface area contributed by atoms with Gasteiger partial charge < -0.3 is 10.2 Å². The summed E-state index contributed by atoms with van der Waals surface area (Å²) in [4.78, 5) is 35.1. The highest BCUT2D eigenvalue weighted by atomic mass is 32.2. The summed E-state index contributed by atoms with van der Waals surface area (Å²) in [5.74, 6) is -0.0937. The highest BCUT2D eigenvalue weighted by Gasteiger charge is 2.35. The Kier molecular flexibility index (Phi) is 6.91. The number of thioether (sulfide) groups is 1. The van der Waals surface area contributed by atoms with Crippen LogP contribution in [0.25, 0.3) is 0 Å². The molecule has 0 radical (unpaired) electrons. The van der Waals surface area contributed by atoms with Crippen molar-refractivity contribution in [2.75, 3.05) is 23.3 Å². The first kappa shape index (κ1) is 23.9. The van der Waals surface area contributed by atoms with Gasteiger partial charge in [0.15, 0.2) is 11.0 Å². The van der Waals surface area contributed by atoms with E-state index in [0.29, 0.717) is 27.9 Å². The molecular formula is C29H28N4O2S. The summed E-state index contributed by atoms with van der Waals surface area (Å²) in [6, 6.07) is 23.7. The summed E-state index contributed by atoms with van der Waals surface area (Å²) in [5.41, 5.74) is 5.51. The summed E-state index contributed by atoms with van der Waals surface area (Å²) in [6.45, 7) is 5.54. The maximum atomic E-state index is 13.7. The van der Waals surface area contributed by atoms with Crippen LogP contribution in [0, 0.1) is 0 Å². The van der Waals surface area contributed by atoms with E-state index in [9.17, 15) is 9.59 Å². The van der Waals surface area contributed by atoms with Crippen LogP contribution in [-0.2, 0) is 17.8 Å². The average molecular weight is 497 g/mol. The molecule has 5 rings (SSSR count). The molecule has 1 saturated heterocycles. The molecule has 36 heavy (non-hydrogen) atoms. The molecule has 1 fully saturated rings. The number of nitrogens with one attached hydrogen (secondary N) is 1. The number of anilines is 2. The first-order valence-electron chi connectivity index (χ1n) is 12.1. The molecule has 2 heterocycles. The minimum atomic E-state index is -0.0697. The molecule has 0 unspecified atom stereocenters. The topological polar surface area (TPSA) is 65.0 Å². The Morgan fingerprint density at radius 2 is 1.86 bits per heavy atom. The zero-order valence-electron chi connectivity index (χ0n) is 20.4. The molecule has 3 aromatic carbocycles. The minimum absolute atomic E-state index is 0.0240. The van der Waals surface area contributed by atoms with Crippen molar-refractivity contribution >= 4 is 45.7 Å². The highest BCUT2D eigenvalue weighted by Crippen LogP contribution is 2.38. The van der Waals surface area contributed by atoms with Gasteiger partial charge in [0.25, 0.3) is 5.91 Å². The van der Waals surface area contributed by atoms with Gasteiger partial charge in [0.2, 0.25) is 0 Å². The summed E-state index contributed by atoms with van der Waals surface area (Å²) in [5, 5.41) is 3.92. The number of fused-ring (bicyclic) bond motifs is 1. The third kappa shape index (κ3) is 4.93. The Balaban J connectivity index is 1.54. The Morgan fingerprint density at radius 3 is 2.64 bits per heavy atom.